The third-order valence-electron chi connectivity index (χ3n) is 4.47. The number of benzene rings is 2. The summed E-state index contributed by atoms with van der Waals surface area (Å²) in [5.74, 6) is 1.09. The van der Waals surface area contributed by atoms with Gasteiger partial charge in [0.1, 0.15) is 6.33 Å². The minimum atomic E-state index is 0.0310. The van der Waals surface area contributed by atoms with Gasteiger partial charge in [-0.05, 0) is 29.7 Å². The van der Waals surface area contributed by atoms with Crippen LogP contribution in [-0.4, -0.2) is 26.8 Å². The molecule has 0 saturated carbocycles. The molecule has 0 fully saturated rings. The Kier molecular flexibility index (Phi) is 4.54. The SMILES string of the molecule is CC(C)CC(=O)Nc1cccc(C2=NCc3ccc(-c4ncn[nH]4)cc32)c1. The first-order chi connectivity index (χ1) is 13.1. The van der Waals surface area contributed by atoms with Crippen molar-refractivity contribution in [3.63, 3.8) is 0 Å². The van der Waals surface area contributed by atoms with Crippen molar-refractivity contribution >= 4 is 17.3 Å². The Morgan fingerprint density at radius 2 is 2.07 bits per heavy atom. The molecule has 0 unspecified atom stereocenters. The fourth-order valence-electron chi connectivity index (χ4n) is 3.25. The predicted octanol–water partition coefficient (Wildman–Crippen LogP) is 3.81. The number of anilines is 1. The van der Waals surface area contributed by atoms with Gasteiger partial charge in [0.25, 0.3) is 0 Å². The van der Waals surface area contributed by atoms with E-state index in [9.17, 15) is 4.79 Å². The Morgan fingerprint density at radius 1 is 1.19 bits per heavy atom. The van der Waals surface area contributed by atoms with Crippen LogP contribution in [0.25, 0.3) is 11.4 Å². The van der Waals surface area contributed by atoms with E-state index < -0.39 is 0 Å². The van der Waals surface area contributed by atoms with E-state index in [0.717, 1.165) is 33.9 Å². The molecule has 2 N–H and O–H groups in total. The lowest BCUT2D eigenvalue weighted by molar-refractivity contribution is -0.116. The number of carbonyl (C=O) groups excluding carboxylic acids is 1. The van der Waals surface area contributed by atoms with Gasteiger partial charge in [0.15, 0.2) is 5.82 Å². The molecular weight excluding hydrogens is 338 g/mol. The van der Waals surface area contributed by atoms with Crippen LogP contribution < -0.4 is 5.32 Å². The van der Waals surface area contributed by atoms with Crippen LogP contribution in [0, 0.1) is 5.92 Å². The van der Waals surface area contributed by atoms with Gasteiger partial charge >= 0.3 is 0 Å². The van der Waals surface area contributed by atoms with Crippen molar-refractivity contribution in [3.8, 4) is 11.4 Å². The molecule has 1 amide bonds. The third-order valence-corrected chi connectivity index (χ3v) is 4.47. The fourth-order valence-corrected chi connectivity index (χ4v) is 3.25. The monoisotopic (exact) mass is 359 g/mol. The molecule has 6 heteroatoms. The number of hydrogen-bond acceptors (Lipinski definition) is 4. The van der Waals surface area contributed by atoms with Crippen molar-refractivity contribution in [2.45, 2.75) is 26.8 Å². The molecule has 0 radical (unpaired) electrons. The zero-order valence-corrected chi connectivity index (χ0v) is 15.4. The maximum Gasteiger partial charge on any atom is 0.224 e. The first-order valence-electron chi connectivity index (χ1n) is 9.04. The van der Waals surface area contributed by atoms with Crippen LogP contribution in [-0.2, 0) is 11.3 Å². The van der Waals surface area contributed by atoms with E-state index in [1.807, 2.05) is 44.2 Å². The van der Waals surface area contributed by atoms with Gasteiger partial charge in [-0.15, -0.1) is 0 Å². The highest BCUT2D eigenvalue weighted by Crippen LogP contribution is 2.28. The summed E-state index contributed by atoms with van der Waals surface area (Å²) in [4.78, 5) is 21.0. The maximum absolute atomic E-state index is 12.1. The first-order valence-corrected chi connectivity index (χ1v) is 9.04. The van der Waals surface area contributed by atoms with Crippen molar-refractivity contribution in [3.05, 3.63) is 65.5 Å². The molecule has 0 saturated heterocycles. The molecule has 3 aromatic rings. The van der Waals surface area contributed by atoms with Crippen LogP contribution in [0.3, 0.4) is 0 Å². The maximum atomic E-state index is 12.1. The van der Waals surface area contributed by atoms with Gasteiger partial charge in [-0.3, -0.25) is 14.9 Å². The molecule has 1 aliphatic heterocycles. The minimum Gasteiger partial charge on any atom is -0.326 e. The van der Waals surface area contributed by atoms with Gasteiger partial charge in [0.05, 0.1) is 12.3 Å². The molecule has 1 aromatic heterocycles. The number of rotatable bonds is 5. The molecule has 0 atom stereocenters. The first kappa shape index (κ1) is 17.1. The Labute approximate surface area is 157 Å². The van der Waals surface area contributed by atoms with Crippen molar-refractivity contribution < 1.29 is 4.79 Å². The van der Waals surface area contributed by atoms with E-state index in [-0.39, 0.29) is 5.91 Å². The average Bonchev–Trinajstić information content (AvgIpc) is 3.30. The number of carbonyl (C=O) groups is 1. The van der Waals surface area contributed by atoms with Crippen LogP contribution in [0.4, 0.5) is 5.69 Å². The van der Waals surface area contributed by atoms with E-state index in [0.29, 0.717) is 18.9 Å². The van der Waals surface area contributed by atoms with Crippen molar-refractivity contribution in [2.24, 2.45) is 10.9 Å². The zero-order valence-electron chi connectivity index (χ0n) is 15.4. The molecule has 0 spiro atoms. The highest BCUT2D eigenvalue weighted by atomic mass is 16.1. The van der Waals surface area contributed by atoms with E-state index in [1.54, 1.807) is 0 Å². The molecule has 2 heterocycles. The van der Waals surface area contributed by atoms with Crippen molar-refractivity contribution in [1.82, 2.24) is 15.2 Å². The summed E-state index contributed by atoms with van der Waals surface area (Å²) in [7, 11) is 0. The molecule has 136 valence electrons. The average molecular weight is 359 g/mol. The molecule has 0 aliphatic carbocycles. The Balaban J connectivity index is 1.62. The number of aromatic amines is 1. The lowest BCUT2D eigenvalue weighted by Gasteiger charge is -2.10. The summed E-state index contributed by atoms with van der Waals surface area (Å²) in [6.45, 7) is 4.73. The quantitative estimate of drug-likeness (QED) is 0.727. The molecule has 1 aliphatic rings. The lowest BCUT2D eigenvalue weighted by atomic mass is 9.97. The van der Waals surface area contributed by atoms with Crippen LogP contribution in [0.15, 0.2) is 53.8 Å². The van der Waals surface area contributed by atoms with E-state index in [2.05, 4.69) is 32.6 Å². The number of fused-ring (bicyclic) bond motifs is 1. The summed E-state index contributed by atoms with van der Waals surface area (Å²) >= 11 is 0. The van der Waals surface area contributed by atoms with Gasteiger partial charge in [0.2, 0.25) is 5.91 Å². The van der Waals surface area contributed by atoms with Gasteiger partial charge < -0.3 is 5.32 Å². The van der Waals surface area contributed by atoms with E-state index in [4.69, 9.17) is 4.99 Å². The number of amides is 1. The Bertz CT molecular complexity index is 1010. The van der Waals surface area contributed by atoms with E-state index >= 15 is 0 Å². The van der Waals surface area contributed by atoms with Gasteiger partial charge in [-0.25, -0.2) is 4.98 Å². The smallest absolute Gasteiger partial charge is 0.224 e. The second-order valence-electron chi connectivity index (χ2n) is 7.10. The fraction of sp³-hybridized carbons (Fsp3) is 0.238. The van der Waals surface area contributed by atoms with Crippen molar-refractivity contribution in [1.29, 1.82) is 0 Å². The molecule has 4 rings (SSSR count). The van der Waals surface area contributed by atoms with Crippen LogP contribution >= 0.6 is 0 Å². The topological polar surface area (TPSA) is 83.0 Å². The molecular formula is C21H21N5O. The number of hydrogen-bond donors (Lipinski definition) is 2. The molecule has 6 nitrogen and oxygen atoms in total. The number of nitrogens with zero attached hydrogens (tertiary/aromatic N) is 3. The molecule has 2 aromatic carbocycles. The lowest BCUT2D eigenvalue weighted by Crippen LogP contribution is -2.14. The van der Waals surface area contributed by atoms with Crippen molar-refractivity contribution in [2.75, 3.05) is 5.32 Å². The van der Waals surface area contributed by atoms with E-state index in [1.165, 1.54) is 11.9 Å². The molecule has 27 heavy (non-hydrogen) atoms. The van der Waals surface area contributed by atoms with Gasteiger partial charge in [-0.2, -0.15) is 5.10 Å². The number of aliphatic imine (C=N–C) groups is 1. The highest BCUT2D eigenvalue weighted by molar-refractivity contribution is 6.16. The number of H-pyrrole nitrogens is 1. The molecule has 0 bridgehead atoms. The highest BCUT2D eigenvalue weighted by Gasteiger charge is 2.19. The summed E-state index contributed by atoms with van der Waals surface area (Å²) < 4.78 is 0. The third kappa shape index (κ3) is 3.65. The minimum absolute atomic E-state index is 0.0310. The number of nitrogens with one attached hydrogen (secondary N) is 2. The summed E-state index contributed by atoms with van der Waals surface area (Å²) in [5.41, 5.74) is 5.97. The zero-order chi connectivity index (χ0) is 18.8. The van der Waals surface area contributed by atoms with Gasteiger partial charge in [-0.1, -0.05) is 38.1 Å². The predicted molar refractivity (Wildman–Crippen MR) is 106 cm³/mol. The van der Waals surface area contributed by atoms with Crippen LogP contribution in [0.1, 0.15) is 37.0 Å². The summed E-state index contributed by atoms with van der Waals surface area (Å²) in [6, 6.07) is 14.1. The standard InChI is InChI=1S/C21H21N5O/c1-13(2)8-19(27)25-17-5-3-4-14(9-17)20-18-10-15(21-23-12-24-26-21)6-7-16(18)11-22-20/h3-7,9-10,12-13H,8,11H2,1-2H3,(H,25,27)(H,23,24,26). The van der Waals surface area contributed by atoms with Crippen LogP contribution in [0.5, 0.6) is 0 Å². The van der Waals surface area contributed by atoms with Gasteiger partial charge in [0, 0.05) is 28.8 Å². The second-order valence-corrected chi connectivity index (χ2v) is 7.10. The number of aromatic nitrogens is 3. The Morgan fingerprint density at radius 3 is 2.85 bits per heavy atom. The largest absolute Gasteiger partial charge is 0.326 e. The Hall–Kier alpha value is -3.28. The normalized spacial score (nSPS) is 12.8. The van der Waals surface area contributed by atoms with Crippen LogP contribution in [0.2, 0.25) is 0 Å². The summed E-state index contributed by atoms with van der Waals surface area (Å²) in [5, 5.41) is 9.80. The summed E-state index contributed by atoms with van der Waals surface area (Å²) in [6.07, 6.45) is 2.01. The second kappa shape index (κ2) is 7.15.